The number of nitrogens with zero attached hydrogens (tertiary/aromatic N) is 2. The molecule has 1 aliphatic rings. The van der Waals surface area contributed by atoms with E-state index >= 15 is 0 Å². The van der Waals surface area contributed by atoms with Gasteiger partial charge < -0.3 is 4.57 Å². The second kappa shape index (κ2) is 6.21. The number of fused-ring (bicyclic) bond motifs is 1. The van der Waals surface area contributed by atoms with Gasteiger partial charge in [0.1, 0.15) is 5.82 Å². The van der Waals surface area contributed by atoms with Crippen LogP contribution in [-0.2, 0) is 0 Å². The van der Waals surface area contributed by atoms with Crippen LogP contribution in [0.15, 0.2) is 18.2 Å². The molecule has 4 heteroatoms. The molecule has 3 atom stereocenters. The van der Waals surface area contributed by atoms with Gasteiger partial charge in [-0.3, -0.25) is 0 Å². The molecule has 1 aromatic carbocycles. The van der Waals surface area contributed by atoms with Gasteiger partial charge in [-0.1, -0.05) is 13.0 Å². The van der Waals surface area contributed by atoms with E-state index in [4.69, 9.17) is 16.6 Å². The summed E-state index contributed by atoms with van der Waals surface area (Å²) in [5.74, 6) is 2.24. The smallest absolute Gasteiger partial charge is 0.127 e. The van der Waals surface area contributed by atoms with Crippen molar-refractivity contribution in [2.45, 2.75) is 56.7 Å². The van der Waals surface area contributed by atoms with Gasteiger partial charge in [-0.25, -0.2) is 4.98 Å². The number of benzene rings is 1. The summed E-state index contributed by atoms with van der Waals surface area (Å²) in [5, 5.41) is 0.747. The van der Waals surface area contributed by atoms with Crippen LogP contribution >= 0.6 is 23.4 Å². The standard InChI is InChI=1S/C17H23ClN2S/c1-4-21-14-7-6-13(10-14)20-16-8-5-11(2)9-15(16)19-17(20)12(3)18/h5,8-9,12-14H,4,6-7,10H2,1-3H3. The molecule has 0 radical (unpaired) electrons. The van der Waals surface area contributed by atoms with E-state index in [1.165, 1.54) is 36.1 Å². The second-order valence-corrected chi connectivity index (χ2v) is 8.22. The molecule has 0 N–H and O–H groups in total. The number of halogens is 1. The number of rotatable bonds is 4. The van der Waals surface area contributed by atoms with E-state index in [9.17, 15) is 0 Å². The maximum absolute atomic E-state index is 6.41. The fourth-order valence-corrected chi connectivity index (χ4v) is 4.72. The first-order chi connectivity index (χ1) is 10.1. The molecule has 3 unspecified atom stereocenters. The van der Waals surface area contributed by atoms with Crippen molar-refractivity contribution in [2.24, 2.45) is 0 Å². The first-order valence-electron chi connectivity index (χ1n) is 7.84. The minimum absolute atomic E-state index is 0.0458. The Morgan fingerprint density at radius 2 is 2.24 bits per heavy atom. The second-order valence-electron chi connectivity index (χ2n) is 5.99. The Bertz CT molecular complexity index is 635. The van der Waals surface area contributed by atoms with Crippen LogP contribution in [0.3, 0.4) is 0 Å². The highest BCUT2D eigenvalue weighted by Gasteiger charge is 2.29. The Morgan fingerprint density at radius 3 is 2.95 bits per heavy atom. The summed E-state index contributed by atoms with van der Waals surface area (Å²) in [6.45, 7) is 6.39. The van der Waals surface area contributed by atoms with Crippen LogP contribution in [0.25, 0.3) is 11.0 Å². The number of aryl methyl sites for hydroxylation is 1. The third kappa shape index (κ3) is 2.95. The van der Waals surface area contributed by atoms with Gasteiger partial charge in [0, 0.05) is 11.3 Å². The predicted molar refractivity (Wildman–Crippen MR) is 93.5 cm³/mol. The predicted octanol–water partition coefficient (Wildman–Crippen LogP) is 5.49. The highest BCUT2D eigenvalue weighted by atomic mass is 35.5. The maximum atomic E-state index is 6.41. The van der Waals surface area contributed by atoms with Gasteiger partial charge in [0.05, 0.1) is 16.4 Å². The molecule has 2 aromatic rings. The Labute approximate surface area is 136 Å². The van der Waals surface area contributed by atoms with Crippen LogP contribution < -0.4 is 0 Å². The largest absolute Gasteiger partial charge is 0.324 e. The fraction of sp³-hybridized carbons (Fsp3) is 0.588. The van der Waals surface area contributed by atoms with Crippen molar-refractivity contribution in [2.75, 3.05) is 5.75 Å². The van der Waals surface area contributed by atoms with Crippen LogP contribution in [0.5, 0.6) is 0 Å². The van der Waals surface area contributed by atoms with Crippen molar-refractivity contribution in [3.05, 3.63) is 29.6 Å². The van der Waals surface area contributed by atoms with Crippen molar-refractivity contribution in [3.63, 3.8) is 0 Å². The van der Waals surface area contributed by atoms with Gasteiger partial charge in [-0.05, 0) is 56.6 Å². The third-order valence-electron chi connectivity index (χ3n) is 4.35. The third-order valence-corrected chi connectivity index (χ3v) is 5.78. The molecule has 21 heavy (non-hydrogen) atoms. The van der Waals surface area contributed by atoms with Crippen molar-refractivity contribution in [1.29, 1.82) is 0 Å². The normalized spacial score (nSPS) is 23.8. The molecule has 0 amide bonds. The Hall–Kier alpha value is -0.670. The maximum Gasteiger partial charge on any atom is 0.127 e. The lowest BCUT2D eigenvalue weighted by Gasteiger charge is -2.18. The molecule has 1 aromatic heterocycles. The molecular formula is C17H23ClN2S. The zero-order chi connectivity index (χ0) is 15.0. The van der Waals surface area contributed by atoms with Crippen LogP contribution in [0.1, 0.15) is 55.9 Å². The lowest BCUT2D eigenvalue weighted by atomic mass is 10.2. The molecule has 1 saturated carbocycles. The van der Waals surface area contributed by atoms with Gasteiger partial charge in [-0.2, -0.15) is 11.8 Å². The number of alkyl halides is 1. The Balaban J connectivity index is 2.02. The molecule has 3 rings (SSSR count). The number of aromatic nitrogens is 2. The highest BCUT2D eigenvalue weighted by molar-refractivity contribution is 7.99. The summed E-state index contributed by atoms with van der Waals surface area (Å²) in [6, 6.07) is 7.11. The number of thioether (sulfide) groups is 1. The zero-order valence-electron chi connectivity index (χ0n) is 13.0. The summed E-state index contributed by atoms with van der Waals surface area (Å²) < 4.78 is 2.42. The monoisotopic (exact) mass is 322 g/mol. The Morgan fingerprint density at radius 1 is 1.43 bits per heavy atom. The average molecular weight is 323 g/mol. The molecule has 0 spiro atoms. The summed E-state index contributed by atoms with van der Waals surface area (Å²) in [7, 11) is 0. The van der Waals surface area contributed by atoms with E-state index in [1.54, 1.807) is 0 Å². The first kappa shape index (κ1) is 15.2. The molecule has 114 valence electrons. The molecule has 1 fully saturated rings. The Kier molecular flexibility index (Phi) is 4.51. The summed E-state index contributed by atoms with van der Waals surface area (Å²) >= 11 is 8.50. The van der Waals surface area contributed by atoms with Crippen LogP contribution in [0, 0.1) is 6.92 Å². The van der Waals surface area contributed by atoms with Gasteiger partial charge in [0.2, 0.25) is 0 Å². The van der Waals surface area contributed by atoms with E-state index < -0.39 is 0 Å². The van der Waals surface area contributed by atoms with E-state index in [0.717, 1.165) is 16.6 Å². The topological polar surface area (TPSA) is 17.8 Å². The minimum Gasteiger partial charge on any atom is -0.324 e. The van der Waals surface area contributed by atoms with Crippen molar-refractivity contribution >= 4 is 34.4 Å². The van der Waals surface area contributed by atoms with Crippen molar-refractivity contribution in [1.82, 2.24) is 9.55 Å². The van der Waals surface area contributed by atoms with Gasteiger partial charge in [0.15, 0.2) is 0 Å². The van der Waals surface area contributed by atoms with E-state index in [-0.39, 0.29) is 5.38 Å². The van der Waals surface area contributed by atoms with E-state index in [1.807, 2.05) is 6.92 Å². The number of hydrogen-bond acceptors (Lipinski definition) is 2. The molecule has 2 nitrogen and oxygen atoms in total. The van der Waals surface area contributed by atoms with Gasteiger partial charge in [0.25, 0.3) is 0 Å². The van der Waals surface area contributed by atoms with Crippen molar-refractivity contribution < 1.29 is 0 Å². The summed E-state index contributed by atoms with van der Waals surface area (Å²) in [5.41, 5.74) is 3.59. The fourth-order valence-electron chi connectivity index (χ4n) is 3.43. The number of imidazole rings is 1. The van der Waals surface area contributed by atoms with Crippen LogP contribution in [0.4, 0.5) is 0 Å². The number of hydrogen-bond donors (Lipinski definition) is 0. The molecule has 0 bridgehead atoms. The van der Waals surface area contributed by atoms with Crippen molar-refractivity contribution in [3.8, 4) is 0 Å². The molecule has 1 aliphatic carbocycles. The summed E-state index contributed by atoms with van der Waals surface area (Å²) in [6.07, 6.45) is 3.80. The quantitative estimate of drug-likeness (QED) is 0.692. The summed E-state index contributed by atoms with van der Waals surface area (Å²) in [4.78, 5) is 4.81. The molecule has 0 saturated heterocycles. The van der Waals surface area contributed by atoms with E-state index in [2.05, 4.69) is 48.4 Å². The van der Waals surface area contributed by atoms with Gasteiger partial charge in [-0.15, -0.1) is 11.6 Å². The zero-order valence-corrected chi connectivity index (χ0v) is 14.5. The first-order valence-corrected chi connectivity index (χ1v) is 9.32. The van der Waals surface area contributed by atoms with Crippen LogP contribution in [-0.4, -0.2) is 20.6 Å². The van der Waals surface area contributed by atoms with Gasteiger partial charge >= 0.3 is 0 Å². The lowest BCUT2D eigenvalue weighted by Crippen LogP contribution is -2.11. The molecule has 1 heterocycles. The minimum atomic E-state index is -0.0458. The van der Waals surface area contributed by atoms with E-state index in [0.29, 0.717) is 6.04 Å². The SMILES string of the molecule is CCSC1CCC(n2c(C(C)Cl)nc3cc(C)ccc32)C1. The highest BCUT2D eigenvalue weighted by Crippen LogP contribution is 2.40. The average Bonchev–Trinajstić information content (AvgIpc) is 3.02. The van der Waals surface area contributed by atoms with Crippen LogP contribution in [0.2, 0.25) is 0 Å². The lowest BCUT2D eigenvalue weighted by molar-refractivity contribution is 0.511. The molecular weight excluding hydrogens is 300 g/mol. The molecule has 0 aliphatic heterocycles.